The van der Waals surface area contributed by atoms with Gasteiger partial charge in [-0.1, -0.05) is 60.7 Å². The van der Waals surface area contributed by atoms with Crippen molar-refractivity contribution in [3.05, 3.63) is 102 Å². The molecule has 0 bridgehead atoms. The van der Waals surface area contributed by atoms with Crippen molar-refractivity contribution in [2.45, 2.75) is 12.1 Å². The fourth-order valence-corrected chi connectivity index (χ4v) is 2.99. The Kier molecular flexibility index (Phi) is 5.94. The maximum Gasteiger partial charge on any atom is 0.171 e. The van der Waals surface area contributed by atoms with E-state index in [-0.39, 0.29) is 17.9 Å². The van der Waals surface area contributed by atoms with Gasteiger partial charge in [0.15, 0.2) is 5.11 Å². The number of thiocarbonyl (C=S) groups is 1. The summed E-state index contributed by atoms with van der Waals surface area (Å²) in [5.41, 5.74) is 9.29. The number of benzene rings is 3. The molecular weight excluding hydrogens is 345 g/mol. The van der Waals surface area contributed by atoms with E-state index in [1.54, 1.807) is 12.1 Å². The Morgan fingerprint density at radius 3 is 1.92 bits per heavy atom. The molecule has 0 fully saturated rings. The Labute approximate surface area is 158 Å². The molecule has 0 amide bonds. The number of rotatable bonds is 5. The highest BCUT2D eigenvalue weighted by molar-refractivity contribution is 7.80. The van der Waals surface area contributed by atoms with Gasteiger partial charge in [-0.3, -0.25) is 0 Å². The van der Waals surface area contributed by atoms with Crippen LogP contribution in [0.1, 0.15) is 23.2 Å². The minimum Gasteiger partial charge on any atom is -0.354 e. The molecule has 3 aromatic carbocycles. The van der Waals surface area contributed by atoms with E-state index in [2.05, 4.69) is 10.6 Å². The fourth-order valence-electron chi connectivity index (χ4n) is 2.75. The Morgan fingerprint density at radius 2 is 1.35 bits per heavy atom. The van der Waals surface area contributed by atoms with E-state index < -0.39 is 0 Å². The van der Waals surface area contributed by atoms with Crippen LogP contribution in [0.15, 0.2) is 84.9 Å². The first-order valence-corrected chi connectivity index (χ1v) is 8.73. The van der Waals surface area contributed by atoms with Gasteiger partial charge in [0.1, 0.15) is 5.82 Å². The molecule has 0 aliphatic heterocycles. The summed E-state index contributed by atoms with van der Waals surface area (Å²) in [6, 6.07) is 25.4. The highest BCUT2D eigenvalue weighted by Gasteiger charge is 2.22. The molecule has 0 aliphatic rings. The molecule has 0 unspecified atom stereocenters. The first-order valence-electron chi connectivity index (χ1n) is 8.32. The second-order valence-corrected chi connectivity index (χ2v) is 6.34. The lowest BCUT2D eigenvalue weighted by Crippen LogP contribution is -2.38. The lowest BCUT2D eigenvalue weighted by atomic mass is 9.94. The van der Waals surface area contributed by atoms with Crippen LogP contribution in [0.2, 0.25) is 0 Å². The summed E-state index contributed by atoms with van der Waals surface area (Å²) in [5.74, 6) is -0.289. The monoisotopic (exact) mass is 365 g/mol. The van der Waals surface area contributed by atoms with Crippen LogP contribution in [0.25, 0.3) is 0 Å². The van der Waals surface area contributed by atoms with Crippen LogP contribution < -0.4 is 16.4 Å². The summed E-state index contributed by atoms with van der Waals surface area (Å²) < 4.78 is 13.1. The van der Waals surface area contributed by atoms with E-state index in [4.69, 9.17) is 18.0 Å². The Morgan fingerprint density at radius 1 is 0.808 bits per heavy atom. The van der Waals surface area contributed by atoms with Crippen LogP contribution in [0.3, 0.4) is 0 Å². The minimum atomic E-state index is -0.289. The Hall–Kier alpha value is -2.76. The topological polar surface area (TPSA) is 50.1 Å². The van der Waals surface area contributed by atoms with Gasteiger partial charge in [0, 0.05) is 5.69 Å². The van der Waals surface area contributed by atoms with Crippen molar-refractivity contribution in [1.82, 2.24) is 5.32 Å². The molecule has 0 saturated carbocycles. The number of hydrogen-bond donors (Lipinski definition) is 3. The minimum absolute atomic E-state index is 0.209. The summed E-state index contributed by atoms with van der Waals surface area (Å²) in [5, 5.41) is 6.80. The molecule has 2 atom stereocenters. The molecule has 5 heteroatoms. The fraction of sp³-hybridized carbons (Fsp3) is 0.0952. The molecule has 3 aromatic rings. The average Bonchev–Trinajstić information content (AvgIpc) is 2.69. The number of anilines is 1. The first kappa shape index (κ1) is 18.0. The van der Waals surface area contributed by atoms with Gasteiger partial charge in [0.2, 0.25) is 0 Å². The molecule has 0 aliphatic carbocycles. The lowest BCUT2D eigenvalue weighted by Gasteiger charge is -2.27. The summed E-state index contributed by atoms with van der Waals surface area (Å²) >= 11 is 5.44. The maximum absolute atomic E-state index is 13.1. The van der Waals surface area contributed by atoms with Crippen molar-refractivity contribution in [2.75, 3.05) is 5.32 Å². The van der Waals surface area contributed by atoms with Crippen LogP contribution in [0, 0.1) is 5.82 Å². The molecule has 0 radical (unpaired) electrons. The Bertz CT molecular complexity index is 838. The molecule has 26 heavy (non-hydrogen) atoms. The van der Waals surface area contributed by atoms with E-state index in [0.717, 1.165) is 11.1 Å². The second-order valence-electron chi connectivity index (χ2n) is 5.93. The third-order valence-corrected chi connectivity index (χ3v) is 4.31. The third-order valence-electron chi connectivity index (χ3n) is 4.09. The summed E-state index contributed by atoms with van der Waals surface area (Å²) in [6.07, 6.45) is 0. The van der Waals surface area contributed by atoms with Crippen molar-refractivity contribution < 1.29 is 4.39 Å². The highest BCUT2D eigenvalue weighted by atomic mass is 32.1. The van der Waals surface area contributed by atoms with Crippen molar-refractivity contribution in [2.24, 2.45) is 5.73 Å². The second kappa shape index (κ2) is 8.56. The van der Waals surface area contributed by atoms with Gasteiger partial charge in [-0.25, -0.2) is 4.39 Å². The van der Waals surface area contributed by atoms with Gasteiger partial charge in [0.05, 0.1) is 12.1 Å². The molecule has 0 saturated heterocycles. The summed E-state index contributed by atoms with van der Waals surface area (Å²) in [6.45, 7) is 0. The maximum atomic E-state index is 13.1. The molecule has 3 nitrogen and oxygen atoms in total. The normalized spacial score (nSPS) is 12.8. The molecule has 3 rings (SSSR count). The zero-order valence-corrected chi connectivity index (χ0v) is 14.9. The zero-order valence-electron chi connectivity index (χ0n) is 14.1. The molecular formula is C21H20FN3S. The number of nitrogens with one attached hydrogen (secondary N) is 2. The van der Waals surface area contributed by atoms with Gasteiger partial charge < -0.3 is 16.4 Å². The largest absolute Gasteiger partial charge is 0.354 e. The predicted octanol–water partition coefficient (Wildman–Crippen LogP) is 4.55. The average molecular weight is 365 g/mol. The predicted molar refractivity (Wildman–Crippen MR) is 108 cm³/mol. The van der Waals surface area contributed by atoms with E-state index in [0.29, 0.717) is 10.8 Å². The molecule has 4 N–H and O–H groups in total. The quantitative estimate of drug-likeness (QED) is 0.581. The zero-order chi connectivity index (χ0) is 18.4. The van der Waals surface area contributed by atoms with Gasteiger partial charge in [-0.05, 0) is 47.6 Å². The van der Waals surface area contributed by atoms with Crippen molar-refractivity contribution in [1.29, 1.82) is 0 Å². The van der Waals surface area contributed by atoms with Crippen LogP contribution in [-0.4, -0.2) is 5.11 Å². The van der Waals surface area contributed by atoms with E-state index in [1.807, 2.05) is 60.7 Å². The van der Waals surface area contributed by atoms with Crippen molar-refractivity contribution >= 4 is 23.0 Å². The lowest BCUT2D eigenvalue weighted by molar-refractivity contribution is 0.527. The van der Waals surface area contributed by atoms with E-state index >= 15 is 0 Å². The van der Waals surface area contributed by atoms with Crippen LogP contribution in [0.4, 0.5) is 10.1 Å². The van der Waals surface area contributed by atoms with Gasteiger partial charge in [0.25, 0.3) is 0 Å². The standard InChI is InChI=1S/C21H20FN3S/c22-17-11-13-18(14-12-17)24-21(26)25-20(16-9-5-2-6-10-16)19(23)15-7-3-1-4-8-15/h1-14,19-20H,23H2,(H2,24,25,26)/t19-,20-/m1/s1. The smallest absolute Gasteiger partial charge is 0.171 e. The SMILES string of the molecule is N[C@H](c1ccccc1)[C@H](NC(=S)Nc1ccc(F)cc1)c1ccccc1. The summed E-state index contributed by atoms with van der Waals surface area (Å²) in [4.78, 5) is 0. The number of nitrogens with two attached hydrogens (primary N) is 1. The van der Waals surface area contributed by atoms with Gasteiger partial charge >= 0.3 is 0 Å². The van der Waals surface area contributed by atoms with Crippen LogP contribution >= 0.6 is 12.2 Å². The molecule has 132 valence electrons. The van der Waals surface area contributed by atoms with Crippen LogP contribution in [0.5, 0.6) is 0 Å². The molecule has 0 spiro atoms. The van der Waals surface area contributed by atoms with Crippen molar-refractivity contribution in [3.63, 3.8) is 0 Å². The summed E-state index contributed by atoms with van der Waals surface area (Å²) in [7, 11) is 0. The van der Waals surface area contributed by atoms with E-state index in [1.165, 1.54) is 12.1 Å². The number of halogens is 1. The highest BCUT2D eigenvalue weighted by Crippen LogP contribution is 2.27. The number of hydrogen-bond acceptors (Lipinski definition) is 2. The third kappa shape index (κ3) is 4.65. The Balaban J connectivity index is 1.79. The van der Waals surface area contributed by atoms with E-state index in [9.17, 15) is 4.39 Å². The molecule has 0 aromatic heterocycles. The van der Waals surface area contributed by atoms with Gasteiger partial charge in [-0.15, -0.1) is 0 Å². The van der Waals surface area contributed by atoms with Crippen molar-refractivity contribution in [3.8, 4) is 0 Å². The molecule has 0 heterocycles. The van der Waals surface area contributed by atoms with Gasteiger partial charge in [-0.2, -0.15) is 0 Å². The first-order chi connectivity index (χ1) is 12.6. The van der Waals surface area contributed by atoms with Crippen LogP contribution in [-0.2, 0) is 0 Å².